The number of methoxy groups -OCH3 is 1. The fourth-order valence-electron chi connectivity index (χ4n) is 1.25. The van der Waals surface area contributed by atoms with Crippen molar-refractivity contribution >= 4 is 17.6 Å². The molecule has 5 heteroatoms. The lowest BCUT2D eigenvalue weighted by Gasteiger charge is -2.14. The van der Waals surface area contributed by atoms with Crippen LogP contribution in [0.2, 0.25) is 5.02 Å². The van der Waals surface area contributed by atoms with E-state index in [0.29, 0.717) is 5.02 Å². The third kappa shape index (κ3) is 2.67. The highest BCUT2D eigenvalue weighted by Crippen LogP contribution is 2.22. The summed E-state index contributed by atoms with van der Waals surface area (Å²) in [5, 5.41) is 3.03. The van der Waals surface area contributed by atoms with Crippen molar-refractivity contribution in [2.45, 2.75) is 6.04 Å². The second kappa shape index (κ2) is 5.09. The number of likely N-dealkylation sites (N-methyl/N-ethyl adjacent to an activating group) is 1. The van der Waals surface area contributed by atoms with Crippen molar-refractivity contribution in [3.63, 3.8) is 0 Å². The lowest BCUT2D eigenvalue weighted by Crippen LogP contribution is -2.27. The second-order valence-corrected chi connectivity index (χ2v) is 3.35. The zero-order chi connectivity index (χ0) is 11.4. The fourth-order valence-corrected chi connectivity index (χ4v) is 1.43. The van der Waals surface area contributed by atoms with Gasteiger partial charge in [0.25, 0.3) is 0 Å². The first kappa shape index (κ1) is 11.9. The van der Waals surface area contributed by atoms with E-state index < -0.39 is 17.8 Å². The molecule has 1 rings (SSSR count). The number of hydrogen-bond donors (Lipinski definition) is 1. The molecule has 0 amide bonds. The van der Waals surface area contributed by atoms with E-state index in [2.05, 4.69) is 10.1 Å². The van der Waals surface area contributed by atoms with Crippen LogP contribution in [0.4, 0.5) is 4.39 Å². The van der Waals surface area contributed by atoms with Gasteiger partial charge in [0, 0.05) is 10.6 Å². The molecule has 0 aliphatic carbocycles. The van der Waals surface area contributed by atoms with Crippen LogP contribution in [0.15, 0.2) is 18.2 Å². The van der Waals surface area contributed by atoms with E-state index in [9.17, 15) is 9.18 Å². The minimum absolute atomic E-state index is 0.178. The van der Waals surface area contributed by atoms with E-state index in [4.69, 9.17) is 11.6 Å². The normalized spacial score (nSPS) is 12.3. The van der Waals surface area contributed by atoms with Crippen LogP contribution in [0.5, 0.6) is 0 Å². The maximum absolute atomic E-state index is 13.4. The lowest BCUT2D eigenvalue weighted by atomic mass is 10.1. The van der Waals surface area contributed by atoms with Crippen molar-refractivity contribution in [1.29, 1.82) is 0 Å². The molecule has 0 radical (unpaired) electrons. The summed E-state index contributed by atoms with van der Waals surface area (Å²) in [5.41, 5.74) is 0.178. The summed E-state index contributed by atoms with van der Waals surface area (Å²) in [5.74, 6) is -1.05. The van der Waals surface area contributed by atoms with Crippen LogP contribution in [0, 0.1) is 5.82 Å². The average Bonchev–Trinajstić information content (AvgIpc) is 2.23. The monoisotopic (exact) mass is 231 g/mol. The molecule has 0 saturated heterocycles. The number of carbonyl (C=O) groups is 1. The molecular formula is C10H11ClFNO2. The average molecular weight is 232 g/mol. The van der Waals surface area contributed by atoms with Crippen LogP contribution in [0.1, 0.15) is 11.6 Å². The first-order valence-electron chi connectivity index (χ1n) is 4.30. The predicted octanol–water partition coefficient (Wildman–Crippen LogP) is 1.91. The third-order valence-corrected chi connectivity index (χ3v) is 2.23. The molecule has 1 N–H and O–H groups in total. The Hall–Kier alpha value is -1.13. The first-order valence-corrected chi connectivity index (χ1v) is 4.68. The van der Waals surface area contributed by atoms with Crippen LogP contribution < -0.4 is 5.32 Å². The highest BCUT2D eigenvalue weighted by Gasteiger charge is 2.22. The van der Waals surface area contributed by atoms with Gasteiger partial charge in [0.15, 0.2) is 0 Å². The molecule has 1 aromatic carbocycles. The molecule has 1 unspecified atom stereocenters. The number of nitrogens with one attached hydrogen (secondary N) is 1. The van der Waals surface area contributed by atoms with Gasteiger partial charge in [-0.1, -0.05) is 11.6 Å². The topological polar surface area (TPSA) is 38.3 Å². The van der Waals surface area contributed by atoms with Crippen LogP contribution in [-0.4, -0.2) is 20.1 Å². The summed E-state index contributed by atoms with van der Waals surface area (Å²) in [4.78, 5) is 11.3. The summed E-state index contributed by atoms with van der Waals surface area (Å²) < 4.78 is 17.9. The number of carbonyl (C=O) groups excluding carboxylic acids is 1. The van der Waals surface area contributed by atoms with Crippen molar-refractivity contribution < 1.29 is 13.9 Å². The molecule has 0 aliphatic rings. The Kier molecular flexibility index (Phi) is 4.05. The molecule has 15 heavy (non-hydrogen) atoms. The lowest BCUT2D eigenvalue weighted by molar-refractivity contribution is -0.143. The highest BCUT2D eigenvalue weighted by molar-refractivity contribution is 6.30. The fraction of sp³-hybridized carbons (Fsp3) is 0.300. The largest absolute Gasteiger partial charge is 0.468 e. The van der Waals surface area contributed by atoms with Crippen molar-refractivity contribution in [3.8, 4) is 0 Å². The maximum atomic E-state index is 13.4. The van der Waals surface area contributed by atoms with Crippen LogP contribution in [0.3, 0.4) is 0 Å². The molecule has 82 valence electrons. The van der Waals surface area contributed by atoms with Gasteiger partial charge in [0.2, 0.25) is 0 Å². The van der Waals surface area contributed by atoms with Gasteiger partial charge < -0.3 is 10.1 Å². The highest BCUT2D eigenvalue weighted by atomic mass is 35.5. The van der Waals surface area contributed by atoms with E-state index in [1.54, 1.807) is 7.05 Å². The van der Waals surface area contributed by atoms with Gasteiger partial charge in [-0.05, 0) is 25.2 Å². The summed E-state index contributed by atoms with van der Waals surface area (Å²) in [7, 11) is 2.79. The SMILES string of the molecule is CNC(C(=O)OC)c1cc(Cl)ccc1F. The van der Waals surface area contributed by atoms with E-state index in [1.165, 1.54) is 25.3 Å². The molecular weight excluding hydrogens is 221 g/mol. The standard InChI is InChI=1S/C10H11ClFNO2/c1-13-9(10(14)15-2)7-5-6(11)3-4-8(7)12/h3-5,9,13H,1-2H3. The number of hydrogen-bond acceptors (Lipinski definition) is 3. The Labute approximate surface area is 92.2 Å². The minimum atomic E-state index is -0.839. The van der Waals surface area contributed by atoms with E-state index in [0.717, 1.165) is 0 Å². The van der Waals surface area contributed by atoms with Crippen molar-refractivity contribution in [3.05, 3.63) is 34.6 Å². The van der Waals surface area contributed by atoms with Gasteiger partial charge in [-0.2, -0.15) is 0 Å². The Morgan fingerprint density at radius 2 is 2.27 bits per heavy atom. The molecule has 0 aromatic heterocycles. The number of halogens is 2. The molecule has 0 fully saturated rings. The predicted molar refractivity (Wildman–Crippen MR) is 55.2 cm³/mol. The van der Waals surface area contributed by atoms with Gasteiger partial charge in [-0.25, -0.2) is 9.18 Å². The Balaban J connectivity index is 3.11. The molecule has 0 spiro atoms. The molecule has 0 heterocycles. The zero-order valence-corrected chi connectivity index (χ0v) is 9.14. The molecule has 1 aromatic rings. The Morgan fingerprint density at radius 1 is 1.60 bits per heavy atom. The van der Waals surface area contributed by atoms with Gasteiger partial charge in [0.05, 0.1) is 7.11 Å². The number of esters is 1. The van der Waals surface area contributed by atoms with E-state index >= 15 is 0 Å². The van der Waals surface area contributed by atoms with Gasteiger partial charge in [-0.15, -0.1) is 0 Å². The molecule has 0 bridgehead atoms. The summed E-state index contributed by atoms with van der Waals surface area (Å²) in [6, 6.07) is 3.19. The van der Waals surface area contributed by atoms with Crippen LogP contribution in [-0.2, 0) is 9.53 Å². The van der Waals surface area contributed by atoms with Crippen LogP contribution in [0.25, 0.3) is 0 Å². The second-order valence-electron chi connectivity index (χ2n) is 2.91. The number of ether oxygens (including phenoxy) is 1. The van der Waals surface area contributed by atoms with Crippen LogP contribution >= 0.6 is 11.6 Å². The Morgan fingerprint density at radius 3 is 2.80 bits per heavy atom. The smallest absolute Gasteiger partial charge is 0.327 e. The van der Waals surface area contributed by atoms with Crippen molar-refractivity contribution in [2.24, 2.45) is 0 Å². The van der Waals surface area contributed by atoms with Crippen molar-refractivity contribution in [2.75, 3.05) is 14.2 Å². The minimum Gasteiger partial charge on any atom is -0.468 e. The maximum Gasteiger partial charge on any atom is 0.327 e. The quantitative estimate of drug-likeness (QED) is 0.808. The summed E-state index contributed by atoms with van der Waals surface area (Å²) in [6.45, 7) is 0. The van der Waals surface area contributed by atoms with Gasteiger partial charge in [0.1, 0.15) is 11.9 Å². The molecule has 0 saturated carbocycles. The Bertz CT molecular complexity index is 370. The third-order valence-electron chi connectivity index (χ3n) is 1.99. The molecule has 1 atom stereocenters. The van der Waals surface area contributed by atoms with E-state index in [1.807, 2.05) is 0 Å². The van der Waals surface area contributed by atoms with E-state index in [-0.39, 0.29) is 5.56 Å². The zero-order valence-electron chi connectivity index (χ0n) is 8.38. The summed E-state index contributed by atoms with van der Waals surface area (Å²) in [6.07, 6.45) is 0. The molecule has 3 nitrogen and oxygen atoms in total. The number of benzene rings is 1. The number of rotatable bonds is 3. The van der Waals surface area contributed by atoms with Gasteiger partial charge in [-0.3, -0.25) is 0 Å². The van der Waals surface area contributed by atoms with Crippen molar-refractivity contribution in [1.82, 2.24) is 5.32 Å². The summed E-state index contributed by atoms with van der Waals surface area (Å²) >= 11 is 5.72. The van der Waals surface area contributed by atoms with Gasteiger partial charge >= 0.3 is 5.97 Å². The molecule has 0 aliphatic heterocycles. The first-order chi connectivity index (χ1) is 7.10.